The van der Waals surface area contributed by atoms with E-state index in [0.29, 0.717) is 12.5 Å². The highest BCUT2D eigenvalue weighted by Gasteiger charge is 2.50. The standard InChI is InChI=1S/C14H24N4O/c1-5-16-14(13(15)19,12-6-7-12)8-18-11(4)9(2)10(3)17-18/h12,16H,5-8H2,1-4H3,(H2,15,19). The summed E-state index contributed by atoms with van der Waals surface area (Å²) >= 11 is 0. The van der Waals surface area contributed by atoms with Gasteiger partial charge in [-0.3, -0.25) is 9.48 Å². The fraction of sp³-hybridized carbons (Fsp3) is 0.714. The van der Waals surface area contributed by atoms with Crippen LogP contribution in [0.25, 0.3) is 0 Å². The second kappa shape index (κ2) is 4.96. The maximum absolute atomic E-state index is 12.0. The Morgan fingerprint density at radius 2 is 2.11 bits per heavy atom. The molecule has 0 aliphatic heterocycles. The van der Waals surface area contributed by atoms with E-state index in [4.69, 9.17) is 5.73 Å². The Bertz CT molecular complexity index is 490. The number of primary amides is 1. The van der Waals surface area contributed by atoms with Crippen molar-refractivity contribution in [1.29, 1.82) is 0 Å². The van der Waals surface area contributed by atoms with Gasteiger partial charge in [-0.25, -0.2) is 0 Å². The van der Waals surface area contributed by atoms with E-state index in [9.17, 15) is 4.79 Å². The normalized spacial score (nSPS) is 18.3. The zero-order valence-corrected chi connectivity index (χ0v) is 12.3. The summed E-state index contributed by atoms with van der Waals surface area (Å²) < 4.78 is 1.93. The lowest BCUT2D eigenvalue weighted by atomic mass is 9.92. The molecule has 1 unspecified atom stereocenters. The first-order valence-electron chi connectivity index (χ1n) is 6.98. The average Bonchev–Trinajstić information content (AvgIpc) is 3.15. The van der Waals surface area contributed by atoms with Gasteiger partial charge >= 0.3 is 0 Å². The van der Waals surface area contributed by atoms with Gasteiger partial charge in [-0.1, -0.05) is 6.92 Å². The molecular weight excluding hydrogens is 240 g/mol. The first-order valence-corrected chi connectivity index (χ1v) is 6.98. The summed E-state index contributed by atoms with van der Waals surface area (Å²) in [6.45, 7) is 9.37. The van der Waals surface area contributed by atoms with E-state index in [1.165, 1.54) is 5.56 Å². The summed E-state index contributed by atoms with van der Waals surface area (Å²) in [4.78, 5) is 12.0. The van der Waals surface area contributed by atoms with Crippen LogP contribution in [-0.4, -0.2) is 27.8 Å². The van der Waals surface area contributed by atoms with Gasteiger partial charge < -0.3 is 11.1 Å². The van der Waals surface area contributed by atoms with E-state index >= 15 is 0 Å². The molecule has 1 atom stereocenters. The van der Waals surface area contributed by atoms with Crippen molar-refractivity contribution >= 4 is 5.91 Å². The highest BCUT2D eigenvalue weighted by atomic mass is 16.1. The SMILES string of the molecule is CCNC(Cn1nc(C)c(C)c1C)(C(N)=O)C1CC1. The van der Waals surface area contributed by atoms with Gasteiger partial charge in [0.25, 0.3) is 0 Å². The van der Waals surface area contributed by atoms with Gasteiger partial charge in [-0.15, -0.1) is 0 Å². The highest BCUT2D eigenvalue weighted by Crippen LogP contribution is 2.40. The van der Waals surface area contributed by atoms with Crippen LogP contribution in [0.2, 0.25) is 0 Å². The number of hydrogen-bond acceptors (Lipinski definition) is 3. The van der Waals surface area contributed by atoms with Gasteiger partial charge in [0.2, 0.25) is 5.91 Å². The van der Waals surface area contributed by atoms with Gasteiger partial charge in [0.15, 0.2) is 0 Å². The molecule has 5 heteroatoms. The van der Waals surface area contributed by atoms with Crippen LogP contribution in [0.4, 0.5) is 0 Å². The summed E-state index contributed by atoms with van der Waals surface area (Å²) in [6, 6.07) is 0. The van der Waals surface area contributed by atoms with Gasteiger partial charge in [-0.05, 0) is 51.6 Å². The molecule has 0 bridgehead atoms. The molecule has 3 N–H and O–H groups in total. The summed E-state index contributed by atoms with van der Waals surface area (Å²) in [5.74, 6) is 0.0798. The van der Waals surface area contributed by atoms with Crippen molar-refractivity contribution in [1.82, 2.24) is 15.1 Å². The molecule has 106 valence electrons. The van der Waals surface area contributed by atoms with E-state index in [-0.39, 0.29) is 5.91 Å². The Morgan fingerprint density at radius 1 is 1.47 bits per heavy atom. The minimum absolute atomic E-state index is 0.262. The third kappa shape index (κ3) is 2.39. The molecule has 1 aromatic rings. The first kappa shape index (κ1) is 14.1. The van der Waals surface area contributed by atoms with Gasteiger partial charge in [-0.2, -0.15) is 5.10 Å². The van der Waals surface area contributed by atoms with Crippen LogP contribution in [0.1, 0.15) is 36.7 Å². The Morgan fingerprint density at radius 3 is 2.47 bits per heavy atom. The predicted octanol–water partition coefficient (Wildman–Crippen LogP) is 1.05. The van der Waals surface area contributed by atoms with Crippen molar-refractivity contribution in [3.63, 3.8) is 0 Å². The predicted molar refractivity (Wildman–Crippen MR) is 74.8 cm³/mol. The topological polar surface area (TPSA) is 72.9 Å². The Balaban J connectivity index is 2.34. The average molecular weight is 264 g/mol. The minimum atomic E-state index is -0.648. The number of amides is 1. The largest absolute Gasteiger partial charge is 0.368 e. The summed E-state index contributed by atoms with van der Waals surface area (Å²) in [6.07, 6.45) is 2.13. The van der Waals surface area contributed by atoms with Gasteiger partial charge in [0.05, 0.1) is 12.2 Å². The zero-order valence-electron chi connectivity index (χ0n) is 12.3. The molecule has 1 saturated carbocycles. The third-order valence-electron chi connectivity index (χ3n) is 4.35. The van der Waals surface area contributed by atoms with Crippen LogP contribution < -0.4 is 11.1 Å². The molecule has 1 aromatic heterocycles. The fourth-order valence-electron chi connectivity index (χ4n) is 2.76. The summed E-state index contributed by atoms with van der Waals surface area (Å²) in [7, 11) is 0. The lowest BCUT2D eigenvalue weighted by molar-refractivity contribution is -0.126. The maximum atomic E-state index is 12.0. The van der Waals surface area contributed by atoms with Gasteiger partial charge in [0.1, 0.15) is 5.54 Å². The molecule has 0 saturated heterocycles. The van der Waals surface area contributed by atoms with E-state index < -0.39 is 5.54 Å². The molecule has 1 aliphatic carbocycles. The number of likely N-dealkylation sites (N-methyl/N-ethyl adjacent to an activating group) is 1. The lowest BCUT2D eigenvalue weighted by Crippen LogP contribution is -2.60. The molecule has 5 nitrogen and oxygen atoms in total. The fourth-order valence-corrected chi connectivity index (χ4v) is 2.76. The number of nitrogens with two attached hydrogens (primary N) is 1. The van der Waals surface area contributed by atoms with Crippen LogP contribution in [0.5, 0.6) is 0 Å². The van der Waals surface area contributed by atoms with Crippen LogP contribution in [-0.2, 0) is 11.3 Å². The van der Waals surface area contributed by atoms with Gasteiger partial charge in [0, 0.05) is 5.69 Å². The molecule has 19 heavy (non-hydrogen) atoms. The molecule has 0 spiro atoms. The number of rotatable bonds is 6. The smallest absolute Gasteiger partial charge is 0.239 e. The number of hydrogen-bond donors (Lipinski definition) is 2. The van der Waals surface area contributed by atoms with Crippen LogP contribution in [0.3, 0.4) is 0 Å². The van der Waals surface area contributed by atoms with Crippen molar-refractivity contribution in [2.75, 3.05) is 6.54 Å². The van der Waals surface area contributed by atoms with Crippen molar-refractivity contribution < 1.29 is 4.79 Å². The second-order valence-corrected chi connectivity index (χ2v) is 5.59. The minimum Gasteiger partial charge on any atom is -0.368 e. The van der Waals surface area contributed by atoms with Crippen molar-refractivity contribution in [3.05, 3.63) is 17.0 Å². The molecule has 1 fully saturated rings. The van der Waals surface area contributed by atoms with E-state index in [2.05, 4.69) is 17.3 Å². The van der Waals surface area contributed by atoms with Crippen molar-refractivity contribution in [2.45, 2.75) is 52.6 Å². The molecule has 1 amide bonds. The number of carbonyl (C=O) groups excluding carboxylic acids is 1. The van der Waals surface area contributed by atoms with Crippen molar-refractivity contribution in [3.8, 4) is 0 Å². The summed E-state index contributed by atoms with van der Waals surface area (Å²) in [5, 5.41) is 7.86. The molecule has 0 radical (unpaired) electrons. The number of aryl methyl sites for hydroxylation is 1. The quantitative estimate of drug-likeness (QED) is 0.806. The Kier molecular flexibility index (Phi) is 3.67. The van der Waals surface area contributed by atoms with Crippen LogP contribution in [0.15, 0.2) is 0 Å². The monoisotopic (exact) mass is 264 g/mol. The van der Waals surface area contributed by atoms with Crippen LogP contribution >= 0.6 is 0 Å². The lowest BCUT2D eigenvalue weighted by Gasteiger charge is -2.32. The number of carbonyl (C=O) groups is 1. The molecule has 1 aliphatic rings. The first-order chi connectivity index (χ1) is 8.92. The van der Waals surface area contributed by atoms with E-state index in [1.807, 2.05) is 25.5 Å². The summed E-state index contributed by atoms with van der Waals surface area (Å²) in [5.41, 5.74) is 8.37. The van der Waals surface area contributed by atoms with Crippen molar-refractivity contribution in [2.24, 2.45) is 11.7 Å². The van der Waals surface area contributed by atoms with Crippen LogP contribution in [0, 0.1) is 26.7 Å². The number of aromatic nitrogens is 2. The number of nitrogens with one attached hydrogen (secondary N) is 1. The Hall–Kier alpha value is -1.36. The van der Waals surface area contributed by atoms with E-state index in [0.717, 1.165) is 30.8 Å². The molecular formula is C14H24N4O. The van der Waals surface area contributed by atoms with E-state index in [1.54, 1.807) is 0 Å². The zero-order chi connectivity index (χ0) is 14.2. The third-order valence-corrected chi connectivity index (χ3v) is 4.35. The molecule has 1 heterocycles. The highest BCUT2D eigenvalue weighted by molar-refractivity contribution is 5.85. The second-order valence-electron chi connectivity index (χ2n) is 5.59. The number of nitrogens with zero attached hydrogens (tertiary/aromatic N) is 2. The molecule has 2 rings (SSSR count). The Labute approximate surface area is 114 Å². The molecule has 0 aromatic carbocycles. The maximum Gasteiger partial charge on any atom is 0.239 e.